The van der Waals surface area contributed by atoms with Crippen molar-refractivity contribution < 1.29 is 8.42 Å². The van der Waals surface area contributed by atoms with Crippen molar-refractivity contribution in [3.8, 4) is 6.07 Å². The Morgan fingerprint density at radius 2 is 2.18 bits per heavy atom. The molecule has 0 spiro atoms. The van der Waals surface area contributed by atoms with Crippen LogP contribution in [0.5, 0.6) is 0 Å². The molecule has 17 heavy (non-hydrogen) atoms. The normalized spacial score (nSPS) is 11.9. The second kappa shape index (κ2) is 4.67. The van der Waals surface area contributed by atoms with E-state index in [0.717, 1.165) is 0 Å². The molecule has 1 rings (SSSR count). The van der Waals surface area contributed by atoms with Crippen LogP contribution in [-0.4, -0.2) is 36.2 Å². The van der Waals surface area contributed by atoms with Crippen LogP contribution in [-0.2, 0) is 9.84 Å². The fourth-order valence-corrected chi connectivity index (χ4v) is 1.31. The van der Waals surface area contributed by atoms with Gasteiger partial charge >= 0.3 is 0 Å². The van der Waals surface area contributed by atoms with Gasteiger partial charge in [-0.25, -0.2) is 8.42 Å². The van der Waals surface area contributed by atoms with Gasteiger partial charge in [-0.2, -0.15) is 10.4 Å². The third kappa shape index (κ3) is 3.14. The van der Waals surface area contributed by atoms with Crippen molar-refractivity contribution in [2.45, 2.75) is 18.6 Å². The number of nitrogens with one attached hydrogen (secondary N) is 1. The van der Waals surface area contributed by atoms with Gasteiger partial charge in [-0.15, -0.1) is 5.10 Å². The largest absolute Gasteiger partial charge is 0.366 e. The smallest absolute Gasteiger partial charge is 0.166 e. The highest BCUT2D eigenvalue weighted by Crippen LogP contribution is 2.17. The van der Waals surface area contributed by atoms with Gasteiger partial charge in [0.1, 0.15) is 6.07 Å². The Kier molecular flexibility index (Phi) is 3.68. The number of hydrogen-bond acceptors (Lipinski definition) is 6. The lowest BCUT2D eigenvalue weighted by molar-refractivity contribution is 0.559. The summed E-state index contributed by atoms with van der Waals surface area (Å²) in [5.74, 6) is 0.298. The molecule has 0 saturated heterocycles. The number of anilines is 1. The van der Waals surface area contributed by atoms with Crippen LogP contribution in [0.1, 0.15) is 19.4 Å². The average Bonchev–Trinajstić information content (AvgIpc) is 2.25. The minimum Gasteiger partial charge on any atom is -0.366 e. The topological polar surface area (TPSA) is 95.7 Å². The van der Waals surface area contributed by atoms with E-state index >= 15 is 0 Å². The molecule has 1 N–H and O–H groups in total. The third-order valence-corrected chi connectivity index (χ3v) is 4.68. The highest BCUT2D eigenvalue weighted by molar-refractivity contribution is 7.92. The molecule has 1 heterocycles. The summed E-state index contributed by atoms with van der Waals surface area (Å²) in [4.78, 5) is 0. The molecule has 0 aromatic carbocycles. The van der Waals surface area contributed by atoms with E-state index in [-0.39, 0.29) is 6.54 Å². The maximum Gasteiger partial charge on any atom is 0.166 e. The van der Waals surface area contributed by atoms with Gasteiger partial charge < -0.3 is 5.32 Å². The molecule has 0 aliphatic heterocycles. The van der Waals surface area contributed by atoms with E-state index in [9.17, 15) is 8.42 Å². The summed E-state index contributed by atoms with van der Waals surface area (Å²) >= 11 is 0. The van der Waals surface area contributed by atoms with Gasteiger partial charge in [0, 0.05) is 12.8 Å². The van der Waals surface area contributed by atoms with Crippen LogP contribution in [0, 0.1) is 11.3 Å². The van der Waals surface area contributed by atoms with Gasteiger partial charge in [0.2, 0.25) is 0 Å². The minimum absolute atomic E-state index is 0.166. The summed E-state index contributed by atoms with van der Waals surface area (Å²) in [6.07, 6.45) is 2.59. The minimum atomic E-state index is -3.19. The third-order valence-electron chi connectivity index (χ3n) is 2.53. The Hall–Kier alpha value is -1.68. The van der Waals surface area contributed by atoms with Crippen LogP contribution in [0.25, 0.3) is 0 Å². The van der Waals surface area contributed by atoms with Crippen LogP contribution >= 0.6 is 0 Å². The molecule has 1 aromatic rings. The molecular formula is C10H14N4O2S. The van der Waals surface area contributed by atoms with Gasteiger partial charge in [0.15, 0.2) is 15.7 Å². The number of hydrogen-bond donors (Lipinski definition) is 1. The summed E-state index contributed by atoms with van der Waals surface area (Å²) in [7, 11) is -3.19. The van der Waals surface area contributed by atoms with E-state index in [4.69, 9.17) is 5.26 Å². The quantitative estimate of drug-likeness (QED) is 0.844. The zero-order valence-corrected chi connectivity index (χ0v) is 10.7. The van der Waals surface area contributed by atoms with Gasteiger partial charge in [-0.1, -0.05) is 0 Å². The van der Waals surface area contributed by atoms with Crippen LogP contribution < -0.4 is 5.32 Å². The lowest BCUT2D eigenvalue weighted by atomic mass is 10.2. The summed E-state index contributed by atoms with van der Waals surface area (Å²) in [5.41, 5.74) is 0.337. The molecule has 0 fully saturated rings. The van der Waals surface area contributed by atoms with Crippen molar-refractivity contribution in [2.24, 2.45) is 0 Å². The van der Waals surface area contributed by atoms with Gasteiger partial charge in [-0.3, -0.25) is 0 Å². The number of sulfone groups is 1. The van der Waals surface area contributed by atoms with E-state index in [0.29, 0.717) is 11.4 Å². The SMILES string of the molecule is CC(C)(CNc1nnccc1C#N)S(C)(=O)=O. The second-order valence-corrected chi connectivity index (χ2v) is 6.94. The van der Waals surface area contributed by atoms with E-state index in [1.54, 1.807) is 13.8 Å². The number of rotatable bonds is 4. The highest BCUT2D eigenvalue weighted by Gasteiger charge is 2.30. The summed E-state index contributed by atoms with van der Waals surface area (Å²) in [6, 6.07) is 3.47. The van der Waals surface area contributed by atoms with Gasteiger partial charge in [0.05, 0.1) is 16.5 Å². The molecule has 6 nitrogen and oxygen atoms in total. The molecule has 92 valence electrons. The molecule has 0 radical (unpaired) electrons. The van der Waals surface area contributed by atoms with Crippen molar-refractivity contribution in [3.63, 3.8) is 0 Å². The van der Waals surface area contributed by atoms with Crippen LogP contribution in [0.4, 0.5) is 5.82 Å². The number of nitriles is 1. The Labute approximate surface area is 101 Å². The molecule has 0 saturated carbocycles. The molecule has 1 aromatic heterocycles. The molecule has 7 heteroatoms. The maximum atomic E-state index is 11.5. The van der Waals surface area contributed by atoms with Crippen molar-refractivity contribution in [3.05, 3.63) is 17.8 Å². The van der Waals surface area contributed by atoms with Gasteiger partial charge in [0.25, 0.3) is 0 Å². The van der Waals surface area contributed by atoms with Crippen molar-refractivity contribution in [1.82, 2.24) is 10.2 Å². The highest BCUT2D eigenvalue weighted by atomic mass is 32.2. The first-order valence-corrected chi connectivity index (χ1v) is 6.82. The van der Waals surface area contributed by atoms with Crippen LogP contribution in [0.2, 0.25) is 0 Å². The number of aromatic nitrogens is 2. The predicted molar refractivity (Wildman–Crippen MR) is 64.2 cm³/mol. The monoisotopic (exact) mass is 254 g/mol. The van der Waals surface area contributed by atoms with E-state index in [1.807, 2.05) is 6.07 Å². The first-order valence-electron chi connectivity index (χ1n) is 4.93. The first kappa shape index (κ1) is 13.4. The summed E-state index contributed by atoms with van der Waals surface area (Å²) < 4.78 is 22.0. The molecule has 0 atom stereocenters. The summed E-state index contributed by atoms with van der Waals surface area (Å²) in [5, 5.41) is 19.1. The predicted octanol–water partition coefficient (Wildman–Crippen LogP) is 0.583. The first-order chi connectivity index (χ1) is 7.78. The fourth-order valence-electron chi connectivity index (χ4n) is 0.980. The Balaban J connectivity index is 2.86. The van der Waals surface area contributed by atoms with E-state index in [2.05, 4.69) is 15.5 Å². The lowest BCUT2D eigenvalue weighted by Gasteiger charge is -2.22. The maximum absolute atomic E-state index is 11.5. The van der Waals surface area contributed by atoms with Crippen molar-refractivity contribution in [2.75, 3.05) is 18.1 Å². The van der Waals surface area contributed by atoms with Crippen LogP contribution in [0.15, 0.2) is 12.3 Å². The fraction of sp³-hybridized carbons (Fsp3) is 0.500. The molecule has 0 amide bonds. The average molecular weight is 254 g/mol. The molecule has 0 aliphatic carbocycles. The van der Waals surface area contributed by atoms with E-state index in [1.165, 1.54) is 18.5 Å². The zero-order valence-electron chi connectivity index (χ0n) is 9.93. The van der Waals surface area contributed by atoms with Gasteiger partial charge in [-0.05, 0) is 19.9 Å². The Bertz CT molecular complexity index is 546. The molecular weight excluding hydrogens is 240 g/mol. The Morgan fingerprint density at radius 3 is 2.71 bits per heavy atom. The molecule has 0 bridgehead atoms. The van der Waals surface area contributed by atoms with Crippen molar-refractivity contribution in [1.29, 1.82) is 5.26 Å². The lowest BCUT2D eigenvalue weighted by Crippen LogP contribution is -2.38. The molecule has 0 aliphatic rings. The van der Waals surface area contributed by atoms with Crippen LogP contribution in [0.3, 0.4) is 0 Å². The standard InChI is InChI=1S/C10H14N4O2S/c1-10(2,17(3,15)16)7-12-9-8(6-11)4-5-13-14-9/h4-5H,7H2,1-3H3,(H,12,14). The molecule has 0 unspecified atom stereocenters. The Morgan fingerprint density at radius 1 is 1.53 bits per heavy atom. The second-order valence-electron chi connectivity index (χ2n) is 4.29. The van der Waals surface area contributed by atoms with Crippen molar-refractivity contribution >= 4 is 15.7 Å². The summed E-state index contributed by atoms with van der Waals surface area (Å²) in [6.45, 7) is 3.38. The zero-order chi connectivity index (χ0) is 13.1. The number of nitrogens with zero attached hydrogens (tertiary/aromatic N) is 3. The van der Waals surface area contributed by atoms with E-state index < -0.39 is 14.6 Å².